The predicted octanol–water partition coefficient (Wildman–Crippen LogP) is 2.59. The molecule has 3 aliphatic rings. The Kier molecular flexibility index (Phi) is 6.86. The highest BCUT2D eigenvalue weighted by Gasteiger charge is 2.45. The number of anilines is 3. The lowest BCUT2D eigenvalue weighted by atomic mass is 9.83. The van der Waals surface area contributed by atoms with Gasteiger partial charge in [-0.1, -0.05) is 6.42 Å². The van der Waals surface area contributed by atoms with E-state index in [9.17, 15) is 8.42 Å². The van der Waals surface area contributed by atoms with Gasteiger partial charge in [-0.15, -0.1) is 0 Å². The molecule has 2 aromatic heterocycles. The fourth-order valence-corrected chi connectivity index (χ4v) is 7.07. The standard InChI is InChI=1S/C23H35N7O4S/c1-4-35(31,32)30-16-6-5-7-17(30)12-18(11-16)29(3)23-25-20(24-21-10-15(2)27-28-21)13-22(26-23)34-19-8-9-33-14-19/h10,13,16-19H,4-9,11-12,14H2,1-3H3,(H2,24,25,26,27,28)/t16-,17+,18?,19-/m1/s1. The Morgan fingerprint density at radius 1 is 1.20 bits per heavy atom. The quantitative estimate of drug-likeness (QED) is 0.557. The van der Waals surface area contributed by atoms with Gasteiger partial charge in [-0.2, -0.15) is 19.4 Å². The number of nitrogens with one attached hydrogen (secondary N) is 2. The number of fused-ring (bicyclic) bond motifs is 2. The smallest absolute Gasteiger partial charge is 0.230 e. The van der Waals surface area contributed by atoms with Gasteiger partial charge in [-0.05, 0) is 39.5 Å². The van der Waals surface area contributed by atoms with Crippen LogP contribution in [0.2, 0.25) is 0 Å². The van der Waals surface area contributed by atoms with Crippen LogP contribution in [0.25, 0.3) is 0 Å². The number of hydrogen-bond donors (Lipinski definition) is 2. The number of aromatic nitrogens is 4. The molecule has 2 aromatic rings. The molecule has 2 N–H and O–H groups in total. The summed E-state index contributed by atoms with van der Waals surface area (Å²) in [5, 5.41) is 10.4. The number of H-pyrrole nitrogens is 1. The summed E-state index contributed by atoms with van der Waals surface area (Å²) in [5.74, 6) is 2.44. The van der Waals surface area contributed by atoms with Crippen LogP contribution in [0.5, 0.6) is 5.88 Å². The number of piperidine rings is 2. The Morgan fingerprint density at radius 3 is 2.60 bits per heavy atom. The van der Waals surface area contributed by atoms with E-state index in [0.717, 1.165) is 44.2 Å². The molecule has 192 valence electrons. The molecule has 4 atom stereocenters. The molecule has 3 aliphatic heterocycles. The highest BCUT2D eigenvalue weighted by molar-refractivity contribution is 7.89. The van der Waals surface area contributed by atoms with Crippen molar-refractivity contribution in [3.63, 3.8) is 0 Å². The SMILES string of the molecule is CCS(=O)(=O)N1[C@@H]2CCC[C@H]1CC(N(C)c1nc(Nc3cc(C)[nH]n3)cc(O[C@@H]3CCOC3)n1)C2. The minimum atomic E-state index is -3.22. The van der Waals surface area contributed by atoms with Crippen molar-refractivity contribution in [1.82, 2.24) is 24.5 Å². The van der Waals surface area contributed by atoms with E-state index in [0.29, 0.717) is 36.7 Å². The van der Waals surface area contributed by atoms with Crippen molar-refractivity contribution in [3.05, 3.63) is 17.8 Å². The van der Waals surface area contributed by atoms with Gasteiger partial charge in [-0.3, -0.25) is 5.10 Å². The average molecular weight is 506 g/mol. The molecule has 0 aliphatic carbocycles. The molecular formula is C23H35N7O4S. The Labute approximate surface area is 206 Å². The van der Waals surface area contributed by atoms with Crippen LogP contribution in [0.1, 0.15) is 51.1 Å². The highest BCUT2D eigenvalue weighted by atomic mass is 32.2. The largest absolute Gasteiger partial charge is 0.472 e. The number of sulfonamides is 1. The number of nitrogens with zero attached hydrogens (tertiary/aromatic N) is 5. The summed E-state index contributed by atoms with van der Waals surface area (Å²) in [4.78, 5) is 11.6. The number of rotatable bonds is 8. The van der Waals surface area contributed by atoms with Gasteiger partial charge in [0.25, 0.3) is 0 Å². The third-order valence-corrected chi connectivity index (χ3v) is 9.23. The van der Waals surface area contributed by atoms with Gasteiger partial charge < -0.3 is 19.7 Å². The molecule has 11 nitrogen and oxygen atoms in total. The van der Waals surface area contributed by atoms with Crippen LogP contribution in [0.3, 0.4) is 0 Å². The van der Waals surface area contributed by atoms with Crippen LogP contribution < -0.4 is 15.0 Å². The van der Waals surface area contributed by atoms with Crippen LogP contribution in [0.15, 0.2) is 12.1 Å². The van der Waals surface area contributed by atoms with E-state index in [1.165, 1.54) is 0 Å². The van der Waals surface area contributed by atoms with Gasteiger partial charge in [0.15, 0.2) is 5.82 Å². The van der Waals surface area contributed by atoms with Crippen molar-refractivity contribution in [2.45, 2.75) is 76.6 Å². The second kappa shape index (κ2) is 9.90. The van der Waals surface area contributed by atoms with Gasteiger partial charge in [-0.25, -0.2) is 8.42 Å². The monoisotopic (exact) mass is 505 g/mol. The van der Waals surface area contributed by atoms with Gasteiger partial charge in [0, 0.05) is 49.4 Å². The topological polar surface area (TPSA) is 126 Å². The third kappa shape index (κ3) is 5.24. The number of ether oxygens (including phenoxy) is 2. The van der Waals surface area contributed by atoms with Crippen LogP contribution in [0.4, 0.5) is 17.6 Å². The summed E-state index contributed by atoms with van der Waals surface area (Å²) < 4.78 is 39.0. The Hall–Kier alpha value is -2.44. The summed E-state index contributed by atoms with van der Waals surface area (Å²) in [6.07, 6.45) is 5.18. The normalized spacial score (nSPS) is 27.1. The van der Waals surface area contributed by atoms with E-state index in [1.807, 2.05) is 20.0 Å². The zero-order valence-electron chi connectivity index (χ0n) is 20.6. The average Bonchev–Trinajstić information content (AvgIpc) is 3.49. The number of hydrogen-bond acceptors (Lipinski definition) is 9. The first-order valence-corrected chi connectivity index (χ1v) is 14.1. The van der Waals surface area contributed by atoms with E-state index < -0.39 is 10.0 Å². The molecule has 2 bridgehead atoms. The zero-order chi connectivity index (χ0) is 24.6. The molecule has 3 fully saturated rings. The molecule has 5 rings (SSSR count). The van der Waals surface area contributed by atoms with Crippen LogP contribution in [-0.2, 0) is 14.8 Å². The predicted molar refractivity (Wildman–Crippen MR) is 133 cm³/mol. The maximum absolute atomic E-state index is 12.8. The second-order valence-electron chi connectivity index (χ2n) is 9.76. The summed E-state index contributed by atoms with van der Waals surface area (Å²) in [6, 6.07) is 3.88. The number of aryl methyl sites for hydroxylation is 1. The molecule has 3 saturated heterocycles. The Morgan fingerprint density at radius 2 is 1.97 bits per heavy atom. The summed E-state index contributed by atoms with van der Waals surface area (Å²) in [6.45, 7) is 4.90. The van der Waals surface area contributed by atoms with Crippen LogP contribution in [0, 0.1) is 6.92 Å². The molecule has 1 unspecified atom stereocenters. The molecule has 0 radical (unpaired) electrons. The molecular weight excluding hydrogens is 470 g/mol. The molecule has 0 aromatic carbocycles. The minimum absolute atomic E-state index is 0.0274. The summed E-state index contributed by atoms with van der Waals surface area (Å²) in [7, 11) is -1.23. The van der Waals surface area contributed by atoms with Crippen molar-refractivity contribution < 1.29 is 17.9 Å². The summed E-state index contributed by atoms with van der Waals surface area (Å²) in [5.41, 5.74) is 0.943. The molecule has 12 heteroatoms. The molecule has 0 amide bonds. The lowest BCUT2D eigenvalue weighted by molar-refractivity contribution is 0.109. The van der Waals surface area contributed by atoms with Crippen molar-refractivity contribution in [1.29, 1.82) is 0 Å². The van der Waals surface area contributed by atoms with E-state index >= 15 is 0 Å². The second-order valence-corrected chi connectivity index (χ2v) is 11.9. The maximum atomic E-state index is 12.8. The lowest BCUT2D eigenvalue weighted by Gasteiger charge is -2.49. The maximum Gasteiger partial charge on any atom is 0.230 e. The Balaban J connectivity index is 1.40. The van der Waals surface area contributed by atoms with E-state index in [-0.39, 0.29) is 30.0 Å². The fraction of sp³-hybridized carbons (Fsp3) is 0.696. The zero-order valence-corrected chi connectivity index (χ0v) is 21.4. The Bertz CT molecular complexity index is 1120. The van der Waals surface area contributed by atoms with E-state index in [4.69, 9.17) is 19.4 Å². The van der Waals surface area contributed by atoms with Crippen LogP contribution >= 0.6 is 0 Å². The highest BCUT2D eigenvalue weighted by Crippen LogP contribution is 2.38. The first kappa shape index (κ1) is 24.3. The van der Waals surface area contributed by atoms with Crippen molar-refractivity contribution >= 4 is 27.6 Å². The molecule has 35 heavy (non-hydrogen) atoms. The van der Waals surface area contributed by atoms with Gasteiger partial charge in [0.2, 0.25) is 21.9 Å². The van der Waals surface area contributed by atoms with Crippen molar-refractivity contribution in [2.75, 3.05) is 36.2 Å². The minimum Gasteiger partial charge on any atom is -0.472 e. The van der Waals surface area contributed by atoms with Crippen molar-refractivity contribution in [3.8, 4) is 5.88 Å². The first-order chi connectivity index (χ1) is 16.8. The fourth-order valence-electron chi connectivity index (χ4n) is 5.48. The first-order valence-electron chi connectivity index (χ1n) is 12.5. The summed E-state index contributed by atoms with van der Waals surface area (Å²) >= 11 is 0. The molecule has 0 saturated carbocycles. The molecule has 0 spiro atoms. The lowest BCUT2D eigenvalue weighted by Crippen LogP contribution is -2.58. The van der Waals surface area contributed by atoms with Crippen molar-refractivity contribution in [2.24, 2.45) is 0 Å². The van der Waals surface area contributed by atoms with Crippen LogP contribution in [-0.4, -0.2) is 83.1 Å². The van der Waals surface area contributed by atoms with E-state index in [2.05, 4.69) is 20.4 Å². The van der Waals surface area contributed by atoms with Gasteiger partial charge >= 0.3 is 0 Å². The van der Waals surface area contributed by atoms with E-state index in [1.54, 1.807) is 17.3 Å². The number of aromatic amines is 1. The van der Waals surface area contributed by atoms with Gasteiger partial charge in [0.1, 0.15) is 11.9 Å². The molecule has 5 heterocycles. The van der Waals surface area contributed by atoms with Gasteiger partial charge in [0.05, 0.1) is 19.0 Å². The third-order valence-electron chi connectivity index (χ3n) is 7.26.